The van der Waals surface area contributed by atoms with E-state index in [1.54, 1.807) is 0 Å². The second-order valence-electron chi connectivity index (χ2n) is 2.80. The summed E-state index contributed by atoms with van der Waals surface area (Å²) in [6.45, 7) is 2.78. The molecule has 0 aromatic rings. The van der Waals surface area contributed by atoms with E-state index in [2.05, 4.69) is 16.0 Å². The molecule has 5 heteroatoms. The monoisotopic (exact) mass is 203 g/mol. The maximum atomic E-state index is 10.9. The lowest BCUT2D eigenvalue weighted by Crippen LogP contribution is -2.48. The standard InChI is InChI=1S/C8H10ClNO3/c1-4-5-13-7(12)10-8(2,3)6(9)11/h1H,5H2,2-3H3,(H,10,12). The topological polar surface area (TPSA) is 55.4 Å². The zero-order valence-electron chi connectivity index (χ0n) is 7.39. The fourth-order valence-electron chi connectivity index (χ4n) is 0.448. The highest BCUT2D eigenvalue weighted by atomic mass is 35.5. The van der Waals surface area contributed by atoms with Gasteiger partial charge in [0.1, 0.15) is 5.54 Å². The van der Waals surface area contributed by atoms with Gasteiger partial charge in [-0.3, -0.25) is 4.79 Å². The molecule has 1 amide bonds. The summed E-state index contributed by atoms with van der Waals surface area (Å²) in [7, 11) is 0. The van der Waals surface area contributed by atoms with E-state index in [0.29, 0.717) is 0 Å². The van der Waals surface area contributed by atoms with Gasteiger partial charge in [-0.25, -0.2) is 4.79 Å². The van der Waals surface area contributed by atoms with Crippen molar-refractivity contribution in [2.75, 3.05) is 6.61 Å². The molecule has 72 valence electrons. The van der Waals surface area contributed by atoms with E-state index in [1.165, 1.54) is 13.8 Å². The number of hydrogen-bond donors (Lipinski definition) is 1. The van der Waals surface area contributed by atoms with Gasteiger partial charge in [-0.05, 0) is 25.4 Å². The smallest absolute Gasteiger partial charge is 0.408 e. The van der Waals surface area contributed by atoms with Crippen LogP contribution in [0.15, 0.2) is 0 Å². The highest BCUT2D eigenvalue weighted by Crippen LogP contribution is 2.06. The molecule has 0 radical (unpaired) electrons. The first-order valence-corrected chi connectivity index (χ1v) is 3.86. The van der Waals surface area contributed by atoms with Crippen LogP contribution in [-0.4, -0.2) is 23.5 Å². The van der Waals surface area contributed by atoms with E-state index in [9.17, 15) is 9.59 Å². The van der Waals surface area contributed by atoms with Crippen molar-refractivity contribution in [3.05, 3.63) is 0 Å². The van der Waals surface area contributed by atoms with Crippen LogP contribution in [0.25, 0.3) is 0 Å². The van der Waals surface area contributed by atoms with Crippen LogP contribution in [0.3, 0.4) is 0 Å². The first kappa shape index (κ1) is 11.8. The molecule has 0 aliphatic heterocycles. The van der Waals surface area contributed by atoms with Crippen molar-refractivity contribution >= 4 is 22.9 Å². The zero-order valence-corrected chi connectivity index (χ0v) is 8.14. The number of halogens is 1. The summed E-state index contributed by atoms with van der Waals surface area (Å²) >= 11 is 5.20. The van der Waals surface area contributed by atoms with Gasteiger partial charge in [-0.2, -0.15) is 0 Å². The van der Waals surface area contributed by atoms with E-state index in [4.69, 9.17) is 18.0 Å². The van der Waals surface area contributed by atoms with Gasteiger partial charge in [0, 0.05) is 0 Å². The lowest BCUT2D eigenvalue weighted by molar-refractivity contribution is -0.116. The minimum atomic E-state index is -1.15. The SMILES string of the molecule is C#CCOC(=O)NC(C)(C)C(=O)Cl. The van der Waals surface area contributed by atoms with Crippen LogP contribution < -0.4 is 5.32 Å². The quantitative estimate of drug-likeness (QED) is 0.548. The third kappa shape index (κ3) is 4.38. The van der Waals surface area contributed by atoms with Gasteiger partial charge in [0.15, 0.2) is 6.61 Å². The molecule has 0 unspecified atom stereocenters. The van der Waals surface area contributed by atoms with Crippen molar-refractivity contribution < 1.29 is 14.3 Å². The number of carbonyl (C=O) groups is 2. The third-order valence-electron chi connectivity index (χ3n) is 1.19. The molecule has 0 atom stereocenters. The van der Waals surface area contributed by atoms with Gasteiger partial charge >= 0.3 is 6.09 Å². The van der Waals surface area contributed by atoms with Crippen molar-refractivity contribution in [1.82, 2.24) is 5.32 Å². The Morgan fingerprint density at radius 1 is 1.62 bits per heavy atom. The molecule has 0 aromatic heterocycles. The summed E-state index contributed by atoms with van der Waals surface area (Å²) < 4.78 is 4.48. The van der Waals surface area contributed by atoms with Gasteiger partial charge in [-0.1, -0.05) is 5.92 Å². The van der Waals surface area contributed by atoms with E-state index >= 15 is 0 Å². The molecule has 13 heavy (non-hydrogen) atoms. The van der Waals surface area contributed by atoms with Gasteiger partial charge in [-0.15, -0.1) is 6.42 Å². The first-order valence-electron chi connectivity index (χ1n) is 3.48. The lowest BCUT2D eigenvalue weighted by Gasteiger charge is -2.20. The molecular formula is C8H10ClNO3. The molecule has 0 rings (SSSR count). The lowest BCUT2D eigenvalue weighted by atomic mass is 10.1. The summed E-state index contributed by atoms with van der Waals surface area (Å²) in [5.74, 6) is 2.11. The third-order valence-corrected chi connectivity index (χ3v) is 1.66. The maximum Gasteiger partial charge on any atom is 0.408 e. The molecular weight excluding hydrogens is 194 g/mol. The minimum absolute atomic E-state index is 0.140. The highest BCUT2D eigenvalue weighted by Gasteiger charge is 2.28. The van der Waals surface area contributed by atoms with E-state index in [-0.39, 0.29) is 6.61 Å². The molecule has 4 nitrogen and oxygen atoms in total. The minimum Gasteiger partial charge on any atom is -0.436 e. The van der Waals surface area contributed by atoms with Gasteiger partial charge < -0.3 is 10.1 Å². The number of ether oxygens (including phenoxy) is 1. The number of nitrogens with one attached hydrogen (secondary N) is 1. The van der Waals surface area contributed by atoms with E-state index in [0.717, 1.165) is 0 Å². The summed E-state index contributed by atoms with van der Waals surface area (Å²) in [4.78, 5) is 21.6. The molecule has 0 aliphatic rings. The molecule has 0 saturated heterocycles. The second kappa shape index (κ2) is 4.73. The first-order chi connectivity index (χ1) is 5.90. The van der Waals surface area contributed by atoms with Crippen molar-refractivity contribution in [3.63, 3.8) is 0 Å². The summed E-state index contributed by atoms with van der Waals surface area (Å²) in [5, 5.41) is 1.58. The van der Waals surface area contributed by atoms with Crippen molar-refractivity contribution in [2.24, 2.45) is 0 Å². The highest BCUT2D eigenvalue weighted by molar-refractivity contribution is 6.65. The van der Waals surface area contributed by atoms with Crippen LogP contribution in [0.4, 0.5) is 4.79 Å². The fraction of sp³-hybridized carbons (Fsp3) is 0.500. The van der Waals surface area contributed by atoms with Crippen LogP contribution in [0.5, 0.6) is 0 Å². The Bertz CT molecular complexity index is 255. The van der Waals surface area contributed by atoms with Crippen LogP contribution in [0, 0.1) is 12.3 Å². The number of hydrogen-bond acceptors (Lipinski definition) is 3. The number of amides is 1. The molecule has 0 saturated carbocycles. The Morgan fingerprint density at radius 2 is 2.15 bits per heavy atom. The predicted molar refractivity (Wildman–Crippen MR) is 48.3 cm³/mol. The van der Waals surface area contributed by atoms with Crippen molar-refractivity contribution in [2.45, 2.75) is 19.4 Å². The second-order valence-corrected chi connectivity index (χ2v) is 3.15. The van der Waals surface area contributed by atoms with Gasteiger partial charge in [0.05, 0.1) is 0 Å². The Labute approximate surface area is 81.6 Å². The summed E-state index contributed by atoms with van der Waals surface area (Å²) in [5.41, 5.74) is -1.15. The van der Waals surface area contributed by atoms with E-state index < -0.39 is 16.9 Å². The van der Waals surface area contributed by atoms with Gasteiger partial charge in [0.25, 0.3) is 0 Å². The fourth-order valence-corrected chi connectivity index (χ4v) is 0.495. The number of carbonyl (C=O) groups excluding carboxylic acids is 2. The number of alkyl carbamates (subject to hydrolysis) is 1. The molecule has 1 N–H and O–H groups in total. The largest absolute Gasteiger partial charge is 0.436 e. The van der Waals surface area contributed by atoms with Crippen LogP contribution in [-0.2, 0) is 9.53 Å². The average Bonchev–Trinajstić information content (AvgIpc) is 1.99. The molecule has 0 aromatic carbocycles. The number of terminal acetylenes is 1. The van der Waals surface area contributed by atoms with Crippen molar-refractivity contribution in [1.29, 1.82) is 0 Å². The Hall–Kier alpha value is -1.21. The Kier molecular flexibility index (Phi) is 4.29. The average molecular weight is 204 g/mol. The Morgan fingerprint density at radius 3 is 2.54 bits per heavy atom. The molecule has 0 spiro atoms. The molecule has 0 bridgehead atoms. The summed E-state index contributed by atoms with van der Waals surface area (Å²) in [6.07, 6.45) is 4.09. The molecule has 0 aliphatic carbocycles. The normalized spacial score (nSPS) is 10.0. The zero-order chi connectivity index (χ0) is 10.5. The van der Waals surface area contributed by atoms with Crippen LogP contribution >= 0.6 is 11.6 Å². The van der Waals surface area contributed by atoms with Gasteiger partial charge in [0.2, 0.25) is 5.24 Å². The number of rotatable bonds is 3. The predicted octanol–water partition coefficient (Wildman–Crippen LogP) is 0.890. The van der Waals surface area contributed by atoms with Crippen LogP contribution in [0.1, 0.15) is 13.8 Å². The van der Waals surface area contributed by atoms with Crippen LogP contribution in [0.2, 0.25) is 0 Å². The Balaban J connectivity index is 4.06. The summed E-state index contributed by atoms with van der Waals surface area (Å²) in [6, 6.07) is 0. The molecule has 0 fully saturated rings. The molecule has 0 heterocycles. The maximum absolute atomic E-state index is 10.9. The van der Waals surface area contributed by atoms with Crippen molar-refractivity contribution in [3.8, 4) is 12.3 Å². The van der Waals surface area contributed by atoms with E-state index in [1.807, 2.05) is 0 Å².